The molecule has 0 amide bonds. The second-order valence-electron chi connectivity index (χ2n) is 8.66. The van der Waals surface area contributed by atoms with E-state index in [1.54, 1.807) is 0 Å². The smallest absolute Gasteiger partial charge is 0.232 e. The third kappa shape index (κ3) is 6.74. The van der Waals surface area contributed by atoms with Crippen molar-refractivity contribution in [3.8, 4) is 0 Å². The van der Waals surface area contributed by atoms with Crippen LogP contribution in [0.25, 0.3) is 0 Å². The molecular formula is C24H33FN6OS. The Kier molecular flexibility index (Phi) is 8.28. The van der Waals surface area contributed by atoms with Crippen molar-refractivity contribution in [1.29, 1.82) is 0 Å². The lowest BCUT2D eigenvalue weighted by atomic mass is 10.0. The van der Waals surface area contributed by atoms with Gasteiger partial charge in [-0.25, -0.2) is 4.39 Å². The molecule has 0 bridgehead atoms. The van der Waals surface area contributed by atoms with Gasteiger partial charge in [0.15, 0.2) is 5.11 Å². The van der Waals surface area contributed by atoms with E-state index in [-0.39, 0.29) is 5.82 Å². The average Bonchev–Trinajstić information content (AvgIpc) is 2.83. The Balaban J connectivity index is 1.38. The van der Waals surface area contributed by atoms with Crippen LogP contribution in [-0.2, 0) is 11.2 Å². The van der Waals surface area contributed by atoms with Gasteiger partial charge in [-0.1, -0.05) is 12.1 Å². The summed E-state index contributed by atoms with van der Waals surface area (Å²) in [6.07, 6.45) is 5.36. The van der Waals surface area contributed by atoms with Crippen LogP contribution < -0.4 is 20.4 Å². The Labute approximate surface area is 200 Å². The van der Waals surface area contributed by atoms with Gasteiger partial charge in [-0.2, -0.15) is 9.97 Å². The molecule has 0 unspecified atom stereocenters. The van der Waals surface area contributed by atoms with Gasteiger partial charge in [-0.05, 0) is 68.9 Å². The molecule has 2 aromatic rings. The summed E-state index contributed by atoms with van der Waals surface area (Å²) in [6.45, 7) is 7.02. The highest BCUT2D eigenvalue weighted by molar-refractivity contribution is 7.80. The van der Waals surface area contributed by atoms with Crippen molar-refractivity contribution < 1.29 is 9.13 Å². The summed E-state index contributed by atoms with van der Waals surface area (Å²) in [6, 6.07) is 9.18. The fourth-order valence-electron chi connectivity index (χ4n) is 4.31. The normalized spacial score (nSPS) is 18.8. The molecule has 1 aromatic heterocycles. The number of rotatable bonds is 7. The summed E-state index contributed by atoms with van der Waals surface area (Å²) in [5.41, 5.74) is 1.11. The number of morpholine rings is 1. The highest BCUT2D eigenvalue weighted by Gasteiger charge is 2.23. The fourth-order valence-corrected chi connectivity index (χ4v) is 4.50. The summed E-state index contributed by atoms with van der Waals surface area (Å²) in [4.78, 5) is 14.2. The first-order chi connectivity index (χ1) is 16.1. The van der Waals surface area contributed by atoms with Crippen molar-refractivity contribution >= 4 is 34.9 Å². The molecule has 9 heteroatoms. The van der Waals surface area contributed by atoms with Gasteiger partial charge in [0.1, 0.15) is 17.5 Å². The highest BCUT2D eigenvalue weighted by Crippen LogP contribution is 2.27. The Bertz CT molecular complexity index is 922. The number of ether oxygens (including phenoxy) is 1. The molecule has 33 heavy (non-hydrogen) atoms. The van der Waals surface area contributed by atoms with Gasteiger partial charge in [0.2, 0.25) is 5.95 Å². The van der Waals surface area contributed by atoms with E-state index in [9.17, 15) is 4.39 Å². The van der Waals surface area contributed by atoms with Crippen molar-refractivity contribution in [2.75, 3.05) is 54.5 Å². The van der Waals surface area contributed by atoms with E-state index >= 15 is 0 Å². The van der Waals surface area contributed by atoms with Crippen LogP contribution in [0.5, 0.6) is 0 Å². The van der Waals surface area contributed by atoms with Crippen LogP contribution in [0.3, 0.4) is 0 Å². The number of thiocarbonyl (C=S) groups is 1. The van der Waals surface area contributed by atoms with Crippen LogP contribution in [-0.4, -0.2) is 60.5 Å². The van der Waals surface area contributed by atoms with E-state index in [0.29, 0.717) is 36.9 Å². The van der Waals surface area contributed by atoms with E-state index in [4.69, 9.17) is 26.9 Å². The van der Waals surface area contributed by atoms with Crippen LogP contribution >= 0.6 is 12.2 Å². The zero-order chi connectivity index (χ0) is 23.0. The minimum absolute atomic E-state index is 0.208. The average molecular weight is 473 g/mol. The summed E-state index contributed by atoms with van der Waals surface area (Å²) < 4.78 is 18.6. The molecule has 2 N–H and O–H groups in total. The molecule has 0 saturated carbocycles. The summed E-state index contributed by atoms with van der Waals surface area (Å²) in [5.74, 6) is 2.16. The number of anilines is 3. The molecule has 2 aliphatic rings. The van der Waals surface area contributed by atoms with Crippen molar-refractivity contribution in [1.82, 2.24) is 15.3 Å². The first kappa shape index (κ1) is 23.6. The molecule has 2 aliphatic heterocycles. The molecule has 0 spiro atoms. The van der Waals surface area contributed by atoms with Crippen LogP contribution in [0.15, 0.2) is 30.3 Å². The first-order valence-corrected chi connectivity index (χ1v) is 12.3. The van der Waals surface area contributed by atoms with Gasteiger partial charge in [-0.15, -0.1) is 0 Å². The third-order valence-electron chi connectivity index (χ3n) is 6.20. The SMILES string of the molecule is C[C@H]1CCCCN1c1cc(N2CCOCC2)nc(NC(=S)NCCCc2ccc(F)cc2)n1. The lowest BCUT2D eigenvalue weighted by Crippen LogP contribution is -2.40. The minimum atomic E-state index is -0.208. The predicted octanol–water partition coefficient (Wildman–Crippen LogP) is 3.75. The van der Waals surface area contributed by atoms with Gasteiger partial charge in [0.25, 0.3) is 0 Å². The maximum absolute atomic E-state index is 13.0. The Morgan fingerprint density at radius 1 is 1.12 bits per heavy atom. The molecule has 1 aromatic carbocycles. The van der Waals surface area contributed by atoms with Gasteiger partial charge in [0.05, 0.1) is 13.2 Å². The maximum Gasteiger partial charge on any atom is 0.232 e. The Morgan fingerprint density at radius 2 is 1.88 bits per heavy atom. The number of nitrogens with one attached hydrogen (secondary N) is 2. The second-order valence-corrected chi connectivity index (χ2v) is 9.06. The highest BCUT2D eigenvalue weighted by atomic mass is 32.1. The molecule has 0 radical (unpaired) electrons. The van der Waals surface area contributed by atoms with E-state index in [1.807, 2.05) is 12.1 Å². The largest absolute Gasteiger partial charge is 0.378 e. The van der Waals surface area contributed by atoms with Crippen LogP contribution in [0.1, 0.15) is 38.2 Å². The molecular weight excluding hydrogens is 439 g/mol. The van der Waals surface area contributed by atoms with Crippen LogP contribution in [0, 0.1) is 5.82 Å². The number of nitrogens with zero attached hydrogens (tertiary/aromatic N) is 4. The molecule has 0 aliphatic carbocycles. The topological polar surface area (TPSA) is 65.6 Å². The second kappa shape index (κ2) is 11.6. The lowest BCUT2D eigenvalue weighted by Gasteiger charge is -2.35. The number of hydrogen-bond acceptors (Lipinski definition) is 6. The number of benzene rings is 1. The Hall–Kier alpha value is -2.52. The van der Waals surface area contributed by atoms with Crippen LogP contribution in [0.4, 0.5) is 22.0 Å². The molecule has 4 rings (SSSR count). The molecule has 1 atom stereocenters. The Morgan fingerprint density at radius 3 is 2.64 bits per heavy atom. The van der Waals surface area contributed by atoms with E-state index < -0.39 is 0 Å². The summed E-state index contributed by atoms with van der Waals surface area (Å²) in [7, 11) is 0. The summed E-state index contributed by atoms with van der Waals surface area (Å²) >= 11 is 5.51. The van der Waals surface area contributed by atoms with Crippen molar-refractivity contribution in [3.05, 3.63) is 41.7 Å². The number of aryl methyl sites for hydroxylation is 1. The molecule has 2 saturated heterocycles. The van der Waals surface area contributed by atoms with Crippen LogP contribution in [0.2, 0.25) is 0 Å². The molecule has 178 valence electrons. The zero-order valence-corrected chi connectivity index (χ0v) is 20.0. The monoisotopic (exact) mass is 472 g/mol. The molecule has 3 heterocycles. The predicted molar refractivity (Wildman–Crippen MR) is 135 cm³/mol. The quantitative estimate of drug-likeness (QED) is 0.467. The number of halogens is 1. The summed E-state index contributed by atoms with van der Waals surface area (Å²) in [5, 5.41) is 6.93. The molecule has 2 fully saturated rings. The van der Waals surface area contributed by atoms with E-state index in [2.05, 4.69) is 33.4 Å². The zero-order valence-electron chi connectivity index (χ0n) is 19.2. The fraction of sp³-hybridized carbons (Fsp3) is 0.542. The van der Waals surface area contributed by atoms with Gasteiger partial charge in [-0.3, -0.25) is 0 Å². The number of piperidine rings is 1. The first-order valence-electron chi connectivity index (χ1n) is 11.9. The number of hydrogen-bond donors (Lipinski definition) is 2. The van der Waals surface area contributed by atoms with Gasteiger partial charge in [0, 0.05) is 38.3 Å². The molecule has 7 nitrogen and oxygen atoms in total. The van der Waals surface area contributed by atoms with E-state index in [1.165, 1.54) is 31.4 Å². The maximum atomic E-state index is 13.0. The van der Waals surface area contributed by atoms with Crippen molar-refractivity contribution in [2.24, 2.45) is 0 Å². The van der Waals surface area contributed by atoms with Gasteiger partial charge < -0.3 is 25.2 Å². The van der Waals surface area contributed by atoms with E-state index in [0.717, 1.165) is 49.7 Å². The third-order valence-corrected chi connectivity index (χ3v) is 6.44. The van der Waals surface area contributed by atoms with Crippen molar-refractivity contribution in [3.63, 3.8) is 0 Å². The van der Waals surface area contributed by atoms with Crippen molar-refractivity contribution in [2.45, 2.75) is 45.1 Å². The lowest BCUT2D eigenvalue weighted by molar-refractivity contribution is 0.122. The minimum Gasteiger partial charge on any atom is -0.378 e. The van der Waals surface area contributed by atoms with Gasteiger partial charge >= 0.3 is 0 Å². The number of aromatic nitrogens is 2. The standard InChI is InChI=1S/C24H33FN6OS/c1-18-5-2-3-12-31(18)22-17-21(30-13-15-32-16-14-30)27-23(28-22)29-24(33)26-11-4-6-19-7-9-20(25)10-8-19/h7-10,17-18H,2-6,11-16H2,1H3,(H2,26,27,28,29,33)/t18-/m0/s1.